The van der Waals surface area contributed by atoms with Crippen LogP contribution in [-0.2, 0) is 6.54 Å². The van der Waals surface area contributed by atoms with Crippen LogP contribution in [0.2, 0.25) is 0 Å². The molecule has 9 nitrogen and oxygen atoms in total. The fourth-order valence-corrected chi connectivity index (χ4v) is 1.65. The van der Waals surface area contributed by atoms with Crippen LogP contribution in [0.15, 0.2) is 29.0 Å². The van der Waals surface area contributed by atoms with Crippen LogP contribution in [0.5, 0.6) is 0 Å². The molecule has 0 aromatic carbocycles. The van der Waals surface area contributed by atoms with E-state index in [2.05, 4.69) is 20.9 Å². The Labute approximate surface area is 119 Å². The van der Waals surface area contributed by atoms with E-state index in [0.29, 0.717) is 18.8 Å². The van der Waals surface area contributed by atoms with E-state index in [4.69, 9.17) is 9.52 Å². The van der Waals surface area contributed by atoms with Crippen molar-refractivity contribution >= 4 is 12.0 Å². The van der Waals surface area contributed by atoms with E-state index in [0.717, 1.165) is 0 Å². The molecule has 0 aliphatic carbocycles. The second-order valence-corrected chi connectivity index (χ2v) is 4.31. The molecule has 0 radical (unpaired) electrons. The Hall–Kier alpha value is -2.84. The zero-order valence-corrected chi connectivity index (χ0v) is 11.3. The number of aromatic nitrogens is 3. The van der Waals surface area contributed by atoms with E-state index in [9.17, 15) is 9.59 Å². The molecule has 9 heteroatoms. The maximum absolute atomic E-state index is 11.6. The van der Waals surface area contributed by atoms with Crippen LogP contribution in [0.25, 0.3) is 0 Å². The number of furan rings is 1. The van der Waals surface area contributed by atoms with Crippen molar-refractivity contribution in [2.24, 2.45) is 0 Å². The highest BCUT2D eigenvalue weighted by atomic mass is 16.4. The summed E-state index contributed by atoms with van der Waals surface area (Å²) in [5.74, 6) is -0.480. The van der Waals surface area contributed by atoms with Gasteiger partial charge in [0.2, 0.25) is 0 Å². The molecule has 1 atom stereocenters. The van der Waals surface area contributed by atoms with Crippen molar-refractivity contribution in [3.05, 3.63) is 36.0 Å². The third kappa shape index (κ3) is 4.06. The Morgan fingerprint density at radius 1 is 1.52 bits per heavy atom. The Balaban J connectivity index is 1.72. The van der Waals surface area contributed by atoms with Gasteiger partial charge in [-0.2, -0.15) is 0 Å². The summed E-state index contributed by atoms with van der Waals surface area (Å²) in [6.45, 7) is 2.41. The van der Waals surface area contributed by atoms with Gasteiger partial charge >= 0.3 is 12.0 Å². The topological polar surface area (TPSA) is 122 Å². The normalized spacial score (nSPS) is 11.9. The fraction of sp³-hybridized carbons (Fsp3) is 0.333. The molecule has 21 heavy (non-hydrogen) atoms. The van der Waals surface area contributed by atoms with E-state index < -0.39 is 5.97 Å². The summed E-state index contributed by atoms with van der Waals surface area (Å²) in [4.78, 5) is 22.3. The Kier molecular flexibility index (Phi) is 4.54. The molecule has 0 aliphatic rings. The van der Waals surface area contributed by atoms with Crippen molar-refractivity contribution in [1.82, 2.24) is 25.6 Å². The Morgan fingerprint density at radius 2 is 2.33 bits per heavy atom. The molecule has 112 valence electrons. The minimum absolute atomic E-state index is 0.133. The average molecular weight is 293 g/mol. The first kappa shape index (κ1) is 14.6. The predicted octanol–water partition coefficient (Wildman–Crippen LogP) is 0.630. The van der Waals surface area contributed by atoms with Gasteiger partial charge in [0.25, 0.3) is 0 Å². The largest absolute Gasteiger partial charge is 0.476 e. The Morgan fingerprint density at radius 3 is 2.95 bits per heavy atom. The van der Waals surface area contributed by atoms with Crippen molar-refractivity contribution in [2.75, 3.05) is 6.54 Å². The number of carbonyl (C=O) groups excluding carboxylic acids is 1. The molecule has 0 bridgehead atoms. The van der Waals surface area contributed by atoms with Crippen LogP contribution in [0.4, 0.5) is 4.79 Å². The zero-order chi connectivity index (χ0) is 15.2. The number of nitrogens with zero attached hydrogens (tertiary/aromatic N) is 3. The number of nitrogens with one attached hydrogen (secondary N) is 2. The SMILES string of the molecule is CC(NC(=O)NCCn1cc(C(=O)O)nn1)c1ccco1. The summed E-state index contributed by atoms with van der Waals surface area (Å²) in [5, 5.41) is 21.1. The molecule has 0 saturated carbocycles. The predicted molar refractivity (Wildman–Crippen MR) is 70.6 cm³/mol. The van der Waals surface area contributed by atoms with E-state index >= 15 is 0 Å². The molecule has 1 unspecified atom stereocenters. The number of carboxylic acids is 1. The number of urea groups is 1. The van der Waals surface area contributed by atoms with Crippen molar-refractivity contribution in [3.8, 4) is 0 Å². The first-order valence-electron chi connectivity index (χ1n) is 6.27. The number of hydrogen-bond acceptors (Lipinski definition) is 5. The number of aromatic carboxylic acids is 1. The lowest BCUT2D eigenvalue weighted by Crippen LogP contribution is -2.38. The van der Waals surface area contributed by atoms with E-state index in [1.165, 1.54) is 17.1 Å². The highest BCUT2D eigenvalue weighted by Gasteiger charge is 2.11. The lowest BCUT2D eigenvalue weighted by molar-refractivity contribution is 0.0690. The summed E-state index contributed by atoms with van der Waals surface area (Å²) in [6, 6.07) is 2.92. The molecule has 2 heterocycles. The van der Waals surface area contributed by atoms with Gasteiger partial charge in [0.15, 0.2) is 5.69 Å². The standard InChI is InChI=1S/C12H15N5O4/c1-8(10-3-2-6-21-10)14-12(20)13-4-5-17-7-9(11(18)19)15-16-17/h2-3,6-8H,4-5H2,1H3,(H,18,19)(H2,13,14,20). The Bertz CT molecular complexity index is 607. The first-order chi connectivity index (χ1) is 10.1. The number of hydrogen-bond donors (Lipinski definition) is 3. The van der Waals surface area contributed by atoms with Gasteiger partial charge in [-0.25, -0.2) is 14.3 Å². The summed E-state index contributed by atoms with van der Waals surface area (Å²) in [5.41, 5.74) is -0.133. The number of carbonyl (C=O) groups is 2. The summed E-state index contributed by atoms with van der Waals surface area (Å²) < 4.78 is 6.52. The van der Waals surface area contributed by atoms with Crippen LogP contribution in [0.3, 0.4) is 0 Å². The lowest BCUT2D eigenvalue weighted by atomic mass is 10.2. The van der Waals surface area contributed by atoms with E-state index in [1.54, 1.807) is 19.1 Å². The van der Waals surface area contributed by atoms with E-state index in [-0.39, 0.29) is 17.8 Å². The molecule has 2 amide bonds. The first-order valence-corrected chi connectivity index (χ1v) is 6.27. The molecule has 0 saturated heterocycles. The second kappa shape index (κ2) is 6.55. The number of rotatable bonds is 6. The summed E-state index contributed by atoms with van der Waals surface area (Å²) >= 11 is 0. The van der Waals surface area contributed by atoms with Crippen LogP contribution >= 0.6 is 0 Å². The number of carboxylic acid groups (broad SMARTS) is 1. The smallest absolute Gasteiger partial charge is 0.358 e. The minimum atomic E-state index is -1.14. The third-order valence-electron chi connectivity index (χ3n) is 2.70. The highest BCUT2D eigenvalue weighted by Crippen LogP contribution is 2.11. The zero-order valence-electron chi connectivity index (χ0n) is 11.3. The maximum Gasteiger partial charge on any atom is 0.358 e. The molecule has 2 aromatic heterocycles. The highest BCUT2D eigenvalue weighted by molar-refractivity contribution is 5.84. The molecule has 0 aliphatic heterocycles. The maximum atomic E-state index is 11.6. The van der Waals surface area contributed by atoms with Crippen LogP contribution in [0, 0.1) is 0 Å². The van der Waals surface area contributed by atoms with Gasteiger partial charge in [0.05, 0.1) is 25.0 Å². The van der Waals surface area contributed by atoms with Gasteiger partial charge in [0, 0.05) is 6.54 Å². The second-order valence-electron chi connectivity index (χ2n) is 4.31. The molecule has 0 spiro atoms. The lowest BCUT2D eigenvalue weighted by Gasteiger charge is -2.12. The minimum Gasteiger partial charge on any atom is -0.476 e. The molecule has 2 rings (SSSR count). The summed E-state index contributed by atoms with van der Waals surface area (Å²) in [6.07, 6.45) is 2.84. The van der Waals surface area contributed by atoms with Gasteiger partial charge in [-0.05, 0) is 19.1 Å². The van der Waals surface area contributed by atoms with Gasteiger partial charge in [-0.3, -0.25) is 0 Å². The average Bonchev–Trinajstić information content (AvgIpc) is 3.10. The third-order valence-corrected chi connectivity index (χ3v) is 2.70. The van der Waals surface area contributed by atoms with Crippen molar-refractivity contribution < 1.29 is 19.1 Å². The van der Waals surface area contributed by atoms with Gasteiger partial charge in [0.1, 0.15) is 5.76 Å². The molecule has 3 N–H and O–H groups in total. The molecular formula is C12H15N5O4. The molecule has 2 aromatic rings. The van der Waals surface area contributed by atoms with Crippen molar-refractivity contribution in [3.63, 3.8) is 0 Å². The van der Waals surface area contributed by atoms with Crippen molar-refractivity contribution in [2.45, 2.75) is 19.5 Å². The monoisotopic (exact) mass is 293 g/mol. The quantitative estimate of drug-likeness (QED) is 0.718. The fourth-order valence-electron chi connectivity index (χ4n) is 1.65. The van der Waals surface area contributed by atoms with Crippen LogP contribution < -0.4 is 10.6 Å². The molecule has 0 fully saturated rings. The molecular weight excluding hydrogens is 278 g/mol. The van der Waals surface area contributed by atoms with Crippen LogP contribution in [0.1, 0.15) is 29.2 Å². The van der Waals surface area contributed by atoms with Gasteiger partial charge < -0.3 is 20.2 Å². The number of amides is 2. The summed E-state index contributed by atoms with van der Waals surface area (Å²) in [7, 11) is 0. The van der Waals surface area contributed by atoms with Gasteiger partial charge in [-0.1, -0.05) is 5.21 Å². The van der Waals surface area contributed by atoms with Crippen LogP contribution in [-0.4, -0.2) is 38.6 Å². The van der Waals surface area contributed by atoms with Crippen molar-refractivity contribution in [1.29, 1.82) is 0 Å². The van der Waals surface area contributed by atoms with Gasteiger partial charge in [-0.15, -0.1) is 5.10 Å². The van der Waals surface area contributed by atoms with E-state index in [1.807, 2.05) is 0 Å².